The van der Waals surface area contributed by atoms with E-state index in [1.807, 2.05) is 48.5 Å². The summed E-state index contributed by atoms with van der Waals surface area (Å²) in [4.78, 5) is 37.5. The van der Waals surface area contributed by atoms with E-state index in [1.54, 1.807) is 34.7 Å². The van der Waals surface area contributed by atoms with Gasteiger partial charge in [0.1, 0.15) is 0 Å². The van der Waals surface area contributed by atoms with E-state index in [9.17, 15) is 14.4 Å². The van der Waals surface area contributed by atoms with Gasteiger partial charge in [-0.25, -0.2) is 4.57 Å². The minimum Gasteiger partial charge on any atom is -0.325 e. The van der Waals surface area contributed by atoms with Crippen LogP contribution in [0.15, 0.2) is 88.8 Å². The van der Waals surface area contributed by atoms with Crippen LogP contribution in [-0.2, 0) is 4.79 Å². The van der Waals surface area contributed by atoms with E-state index >= 15 is 0 Å². The third kappa shape index (κ3) is 3.97. The van der Waals surface area contributed by atoms with Crippen molar-refractivity contribution in [2.45, 2.75) is 12.1 Å². The lowest BCUT2D eigenvalue weighted by molar-refractivity contribution is -0.113. The Hall–Kier alpha value is -4.24. The second kappa shape index (κ2) is 8.95. The molecule has 168 valence electrons. The summed E-state index contributed by atoms with van der Waals surface area (Å²) in [7, 11) is 0. The number of ketones is 1. The van der Waals surface area contributed by atoms with Crippen molar-refractivity contribution in [1.29, 1.82) is 0 Å². The molecule has 0 saturated carbocycles. The molecule has 9 heteroatoms. The highest BCUT2D eigenvalue weighted by molar-refractivity contribution is 7.99. The van der Waals surface area contributed by atoms with E-state index in [-0.39, 0.29) is 23.0 Å². The van der Waals surface area contributed by atoms with Crippen molar-refractivity contribution in [2.75, 3.05) is 11.1 Å². The highest BCUT2D eigenvalue weighted by Gasteiger charge is 2.18. The number of nitrogens with zero attached hydrogens (tertiary/aromatic N) is 4. The number of Topliss-reactive ketones (excluding diaryl/α,β-unsaturated/α-hetero) is 1. The van der Waals surface area contributed by atoms with Crippen molar-refractivity contribution in [3.8, 4) is 5.69 Å². The molecule has 0 radical (unpaired) electrons. The van der Waals surface area contributed by atoms with Crippen LogP contribution in [0.2, 0.25) is 0 Å². The van der Waals surface area contributed by atoms with Gasteiger partial charge < -0.3 is 5.32 Å². The summed E-state index contributed by atoms with van der Waals surface area (Å²) in [5.41, 5.74) is 2.22. The zero-order chi connectivity index (χ0) is 23.7. The normalized spacial score (nSPS) is 11.1. The Morgan fingerprint density at radius 2 is 1.71 bits per heavy atom. The Morgan fingerprint density at radius 3 is 2.50 bits per heavy atom. The van der Waals surface area contributed by atoms with Gasteiger partial charge in [-0.15, -0.1) is 10.2 Å². The lowest BCUT2D eigenvalue weighted by atomic mass is 10.1. The van der Waals surface area contributed by atoms with Crippen molar-refractivity contribution < 1.29 is 9.59 Å². The number of hydrogen-bond acceptors (Lipinski definition) is 6. The lowest BCUT2D eigenvalue weighted by Gasteiger charge is -2.11. The first kappa shape index (κ1) is 21.6. The van der Waals surface area contributed by atoms with Gasteiger partial charge in [0.05, 0.1) is 22.3 Å². The zero-order valence-electron chi connectivity index (χ0n) is 18.1. The largest absolute Gasteiger partial charge is 0.325 e. The highest BCUT2D eigenvalue weighted by Crippen LogP contribution is 2.23. The standard InChI is InChI=1S/C25H19N5O3S/c1-16(31)17-8-7-9-18(14-17)26-22(32)15-34-25-28-27-24-29(19-10-3-2-4-11-19)23(33)20-12-5-6-13-21(20)30(24)25/h2-14H,15H2,1H3,(H,26,32). The fraction of sp³-hybridized carbons (Fsp3) is 0.0800. The van der Waals surface area contributed by atoms with Crippen LogP contribution in [0.4, 0.5) is 5.69 Å². The summed E-state index contributed by atoms with van der Waals surface area (Å²) in [6, 6.07) is 23.3. The molecule has 0 aliphatic carbocycles. The summed E-state index contributed by atoms with van der Waals surface area (Å²) < 4.78 is 3.31. The second-order valence-corrected chi connectivity index (χ2v) is 8.53. The topological polar surface area (TPSA) is 98.4 Å². The number of fused-ring (bicyclic) bond motifs is 3. The molecule has 2 aromatic heterocycles. The maximum absolute atomic E-state index is 13.3. The lowest BCUT2D eigenvalue weighted by Crippen LogP contribution is -2.21. The average Bonchev–Trinajstić information content (AvgIpc) is 3.27. The van der Waals surface area contributed by atoms with Crippen molar-refractivity contribution >= 4 is 45.8 Å². The van der Waals surface area contributed by atoms with Crippen LogP contribution in [0.3, 0.4) is 0 Å². The minimum absolute atomic E-state index is 0.0725. The fourth-order valence-electron chi connectivity index (χ4n) is 3.73. The van der Waals surface area contributed by atoms with Gasteiger partial charge in [0.25, 0.3) is 5.56 Å². The van der Waals surface area contributed by atoms with Crippen LogP contribution < -0.4 is 10.9 Å². The van der Waals surface area contributed by atoms with E-state index < -0.39 is 0 Å². The van der Waals surface area contributed by atoms with Gasteiger partial charge in [-0.2, -0.15) is 0 Å². The van der Waals surface area contributed by atoms with Gasteiger partial charge in [-0.3, -0.25) is 18.8 Å². The maximum Gasteiger partial charge on any atom is 0.267 e. The van der Waals surface area contributed by atoms with Crippen molar-refractivity contribution in [3.05, 3.63) is 94.8 Å². The Kier molecular flexibility index (Phi) is 5.69. The third-order valence-electron chi connectivity index (χ3n) is 5.29. The van der Waals surface area contributed by atoms with E-state index in [2.05, 4.69) is 15.5 Å². The number of anilines is 1. The van der Waals surface area contributed by atoms with Crippen LogP contribution in [0.25, 0.3) is 22.4 Å². The number of thioether (sulfide) groups is 1. The predicted octanol–water partition coefficient (Wildman–Crippen LogP) is 3.97. The number of aromatic nitrogens is 4. The molecule has 3 aromatic carbocycles. The van der Waals surface area contributed by atoms with Crippen LogP contribution >= 0.6 is 11.8 Å². The molecule has 0 aliphatic heterocycles. The van der Waals surface area contributed by atoms with Crippen molar-refractivity contribution in [1.82, 2.24) is 19.2 Å². The minimum atomic E-state index is -0.247. The van der Waals surface area contributed by atoms with Crippen molar-refractivity contribution in [2.24, 2.45) is 0 Å². The highest BCUT2D eigenvalue weighted by atomic mass is 32.2. The molecule has 0 atom stereocenters. The number of carbonyl (C=O) groups excluding carboxylic acids is 2. The first-order chi connectivity index (χ1) is 16.5. The maximum atomic E-state index is 13.3. The fourth-order valence-corrected chi connectivity index (χ4v) is 4.47. The number of amides is 1. The number of nitrogens with one attached hydrogen (secondary N) is 1. The molecule has 0 bridgehead atoms. The number of hydrogen-bond donors (Lipinski definition) is 1. The van der Waals surface area contributed by atoms with Crippen LogP contribution in [-0.4, -0.2) is 36.6 Å². The molecule has 1 amide bonds. The summed E-state index contributed by atoms with van der Waals surface area (Å²) >= 11 is 1.21. The second-order valence-electron chi connectivity index (χ2n) is 7.59. The van der Waals surface area contributed by atoms with E-state index in [0.29, 0.717) is 38.8 Å². The molecule has 5 aromatic rings. The molecule has 0 fully saturated rings. The SMILES string of the molecule is CC(=O)c1cccc(NC(=O)CSc2nnc3n(-c4ccccc4)c(=O)c4ccccc4n23)c1. The Labute approximate surface area is 198 Å². The molecule has 5 rings (SSSR count). The number of rotatable bonds is 6. The molecule has 0 saturated heterocycles. The van der Waals surface area contributed by atoms with Crippen LogP contribution in [0, 0.1) is 0 Å². The predicted molar refractivity (Wildman–Crippen MR) is 132 cm³/mol. The van der Waals surface area contributed by atoms with Crippen LogP contribution in [0.5, 0.6) is 0 Å². The van der Waals surface area contributed by atoms with Gasteiger partial charge in [-0.1, -0.05) is 54.2 Å². The zero-order valence-corrected chi connectivity index (χ0v) is 19.0. The molecule has 34 heavy (non-hydrogen) atoms. The smallest absolute Gasteiger partial charge is 0.267 e. The number of benzene rings is 3. The first-order valence-electron chi connectivity index (χ1n) is 10.5. The van der Waals surface area contributed by atoms with Gasteiger partial charge in [0.2, 0.25) is 11.7 Å². The molecule has 1 N–H and O–H groups in total. The molecule has 0 aliphatic rings. The van der Waals surface area contributed by atoms with E-state index in [4.69, 9.17) is 0 Å². The molecule has 0 spiro atoms. The number of para-hydroxylation sites is 2. The summed E-state index contributed by atoms with van der Waals surface area (Å²) in [5, 5.41) is 12.4. The summed E-state index contributed by atoms with van der Waals surface area (Å²) in [5.74, 6) is 0.121. The average molecular weight is 470 g/mol. The molecule has 8 nitrogen and oxygen atoms in total. The quantitative estimate of drug-likeness (QED) is 0.299. The van der Waals surface area contributed by atoms with Crippen LogP contribution in [0.1, 0.15) is 17.3 Å². The van der Waals surface area contributed by atoms with Gasteiger partial charge in [-0.05, 0) is 43.3 Å². The van der Waals surface area contributed by atoms with Gasteiger partial charge >= 0.3 is 0 Å². The van der Waals surface area contributed by atoms with Gasteiger partial charge in [0, 0.05) is 11.3 Å². The van der Waals surface area contributed by atoms with E-state index in [1.165, 1.54) is 23.3 Å². The van der Waals surface area contributed by atoms with Crippen molar-refractivity contribution in [3.63, 3.8) is 0 Å². The monoisotopic (exact) mass is 469 g/mol. The molecule has 0 unspecified atom stereocenters. The van der Waals surface area contributed by atoms with Gasteiger partial charge in [0.15, 0.2) is 10.9 Å². The molecule has 2 heterocycles. The third-order valence-corrected chi connectivity index (χ3v) is 6.22. The Bertz CT molecular complexity index is 1610. The number of carbonyl (C=O) groups is 2. The molecular formula is C25H19N5O3S. The molecular weight excluding hydrogens is 450 g/mol. The summed E-state index contributed by atoms with van der Waals surface area (Å²) in [6.45, 7) is 1.48. The first-order valence-corrected chi connectivity index (χ1v) is 11.5. The Morgan fingerprint density at radius 1 is 0.941 bits per heavy atom. The van der Waals surface area contributed by atoms with E-state index in [0.717, 1.165) is 0 Å². The Balaban J connectivity index is 1.50. The summed E-state index contributed by atoms with van der Waals surface area (Å²) in [6.07, 6.45) is 0.